The van der Waals surface area contributed by atoms with E-state index in [0.29, 0.717) is 30.5 Å². The number of fused-ring (bicyclic) bond motifs is 1. The number of nitriles is 1. The molecule has 2 aliphatic heterocycles. The number of piperazine rings is 1. The molecule has 4 amide bonds. The molecule has 0 spiro atoms. The standard InChI is InChI=1S/C32H40N6O8/c1-3-4-16-45-32(44)37-14-12-36(13-15-37)31(43)24(9-10-29(40)41)35-30(42)26-18-27(23-8-7-21(2)17-25(23)34-26)46-20-28(39)38-11-5-6-22(38)19-33/h7-8,17-18,22,24H,3-6,9-16,20H2,1-2H3,(H,35,42)(H,40,41)/t22-,24-/m0/s1. The molecule has 2 aromatic rings. The Morgan fingerprint density at radius 1 is 1.11 bits per heavy atom. The Morgan fingerprint density at radius 3 is 2.54 bits per heavy atom. The maximum absolute atomic E-state index is 13.5. The van der Waals surface area contributed by atoms with E-state index in [2.05, 4.69) is 16.4 Å². The van der Waals surface area contributed by atoms with E-state index in [0.717, 1.165) is 24.8 Å². The summed E-state index contributed by atoms with van der Waals surface area (Å²) < 4.78 is 11.1. The van der Waals surface area contributed by atoms with E-state index in [-0.39, 0.29) is 63.0 Å². The van der Waals surface area contributed by atoms with E-state index in [1.165, 1.54) is 20.8 Å². The minimum Gasteiger partial charge on any atom is -0.483 e. The number of amides is 4. The third kappa shape index (κ3) is 8.62. The highest BCUT2D eigenvalue weighted by atomic mass is 16.6. The molecule has 0 radical (unpaired) electrons. The highest BCUT2D eigenvalue weighted by Crippen LogP contribution is 2.27. The zero-order valence-corrected chi connectivity index (χ0v) is 26.2. The maximum atomic E-state index is 13.5. The van der Waals surface area contributed by atoms with Crippen LogP contribution in [-0.4, -0.2) is 113 Å². The summed E-state index contributed by atoms with van der Waals surface area (Å²) >= 11 is 0. The molecule has 4 rings (SSSR count). The smallest absolute Gasteiger partial charge is 0.409 e. The summed E-state index contributed by atoms with van der Waals surface area (Å²) in [6.45, 7) is 5.18. The van der Waals surface area contributed by atoms with Gasteiger partial charge in [-0.1, -0.05) is 19.4 Å². The SMILES string of the molecule is CCCCOC(=O)N1CCN(C(=O)[C@H](CCC(=O)O)NC(=O)c2cc(OCC(=O)N3CCC[C@H]3C#N)c3ccc(C)cc3n2)CC1. The first-order valence-electron chi connectivity index (χ1n) is 15.6. The topological polar surface area (TPSA) is 182 Å². The number of hydrogen-bond acceptors (Lipinski definition) is 9. The van der Waals surface area contributed by atoms with Crippen LogP contribution in [0.2, 0.25) is 0 Å². The van der Waals surface area contributed by atoms with E-state index < -0.39 is 36.0 Å². The van der Waals surface area contributed by atoms with E-state index in [1.54, 1.807) is 12.1 Å². The second-order valence-electron chi connectivity index (χ2n) is 11.4. The monoisotopic (exact) mass is 636 g/mol. The lowest BCUT2D eigenvalue weighted by Gasteiger charge is -2.36. The Hall–Kier alpha value is -4.93. The quantitative estimate of drug-likeness (QED) is 0.328. The molecule has 3 heterocycles. The van der Waals surface area contributed by atoms with Gasteiger partial charge in [0.2, 0.25) is 5.91 Å². The highest BCUT2D eigenvalue weighted by molar-refractivity contribution is 5.99. The number of unbranched alkanes of at least 4 members (excludes halogenated alkanes) is 1. The fourth-order valence-electron chi connectivity index (χ4n) is 5.45. The van der Waals surface area contributed by atoms with Crippen LogP contribution in [0.15, 0.2) is 24.3 Å². The molecule has 0 unspecified atom stereocenters. The van der Waals surface area contributed by atoms with Gasteiger partial charge in [0, 0.05) is 50.6 Å². The lowest BCUT2D eigenvalue weighted by molar-refractivity contribution is -0.138. The van der Waals surface area contributed by atoms with Crippen LogP contribution in [0.1, 0.15) is 61.5 Å². The molecule has 2 fully saturated rings. The molecule has 0 saturated carbocycles. The van der Waals surface area contributed by atoms with Crippen LogP contribution in [0, 0.1) is 18.3 Å². The Morgan fingerprint density at radius 2 is 1.85 bits per heavy atom. The number of rotatable bonds is 12. The van der Waals surface area contributed by atoms with Gasteiger partial charge in [0.25, 0.3) is 11.8 Å². The maximum Gasteiger partial charge on any atom is 0.409 e. The molecule has 246 valence electrons. The van der Waals surface area contributed by atoms with Gasteiger partial charge < -0.3 is 34.6 Å². The van der Waals surface area contributed by atoms with Crippen molar-refractivity contribution in [2.75, 3.05) is 45.9 Å². The van der Waals surface area contributed by atoms with Crippen molar-refractivity contribution in [3.05, 3.63) is 35.5 Å². The summed E-state index contributed by atoms with van der Waals surface area (Å²) in [6.07, 6.45) is 2.03. The first-order chi connectivity index (χ1) is 22.1. The van der Waals surface area contributed by atoms with Gasteiger partial charge in [-0.2, -0.15) is 5.26 Å². The van der Waals surface area contributed by atoms with Crippen LogP contribution < -0.4 is 10.1 Å². The first-order valence-corrected chi connectivity index (χ1v) is 15.6. The molecule has 14 heteroatoms. The molecule has 1 aromatic carbocycles. The number of hydrogen-bond donors (Lipinski definition) is 2. The van der Waals surface area contributed by atoms with Crippen LogP contribution in [-0.2, 0) is 19.1 Å². The number of aromatic nitrogens is 1. The van der Waals surface area contributed by atoms with Crippen LogP contribution in [0.3, 0.4) is 0 Å². The van der Waals surface area contributed by atoms with Crippen molar-refractivity contribution in [1.82, 2.24) is 25.0 Å². The lowest BCUT2D eigenvalue weighted by Crippen LogP contribution is -2.56. The Kier molecular flexibility index (Phi) is 11.7. The van der Waals surface area contributed by atoms with Gasteiger partial charge >= 0.3 is 12.1 Å². The number of carboxylic acid groups (broad SMARTS) is 1. The molecule has 2 atom stereocenters. The highest BCUT2D eigenvalue weighted by Gasteiger charge is 2.32. The number of likely N-dealkylation sites (tertiary alicyclic amines) is 1. The van der Waals surface area contributed by atoms with E-state index in [4.69, 9.17) is 9.47 Å². The Bertz CT molecular complexity index is 1500. The molecular formula is C32H40N6O8. The average molecular weight is 637 g/mol. The second-order valence-corrected chi connectivity index (χ2v) is 11.4. The fraction of sp³-hybridized carbons (Fsp3) is 0.531. The number of carbonyl (C=O) groups excluding carboxylic acids is 4. The number of nitrogens with zero attached hydrogens (tertiary/aromatic N) is 5. The van der Waals surface area contributed by atoms with Gasteiger partial charge in [-0.3, -0.25) is 19.2 Å². The summed E-state index contributed by atoms with van der Waals surface area (Å²) in [4.78, 5) is 72.6. The van der Waals surface area contributed by atoms with Gasteiger partial charge in [0.05, 0.1) is 18.2 Å². The van der Waals surface area contributed by atoms with E-state index in [9.17, 15) is 34.3 Å². The predicted molar refractivity (Wildman–Crippen MR) is 165 cm³/mol. The van der Waals surface area contributed by atoms with Crippen molar-refractivity contribution in [3.8, 4) is 11.8 Å². The molecule has 0 bridgehead atoms. The number of aliphatic carboxylic acids is 1. The number of carboxylic acids is 1. The van der Waals surface area contributed by atoms with Gasteiger partial charge in [0.1, 0.15) is 23.5 Å². The van der Waals surface area contributed by atoms with Gasteiger partial charge in [-0.05, 0) is 50.3 Å². The first kappa shape index (κ1) is 34.0. The number of benzene rings is 1. The largest absolute Gasteiger partial charge is 0.483 e. The minimum atomic E-state index is -1.16. The predicted octanol–water partition coefficient (Wildman–Crippen LogP) is 2.48. The van der Waals surface area contributed by atoms with Crippen molar-refractivity contribution in [3.63, 3.8) is 0 Å². The zero-order valence-electron chi connectivity index (χ0n) is 26.2. The average Bonchev–Trinajstić information content (AvgIpc) is 3.54. The third-order valence-corrected chi connectivity index (χ3v) is 8.06. The van der Waals surface area contributed by atoms with E-state index >= 15 is 0 Å². The summed E-state index contributed by atoms with van der Waals surface area (Å²) in [6, 6.07) is 7.22. The third-order valence-electron chi connectivity index (χ3n) is 8.06. The number of pyridine rings is 1. The number of nitrogens with one attached hydrogen (secondary N) is 1. The van der Waals surface area contributed by atoms with Crippen LogP contribution >= 0.6 is 0 Å². The molecule has 2 aliphatic rings. The summed E-state index contributed by atoms with van der Waals surface area (Å²) in [5.41, 5.74) is 1.22. The molecule has 2 N–H and O–H groups in total. The van der Waals surface area contributed by atoms with Crippen LogP contribution in [0.5, 0.6) is 5.75 Å². The summed E-state index contributed by atoms with van der Waals surface area (Å²) in [5, 5.41) is 21.9. The van der Waals surface area contributed by atoms with Crippen molar-refractivity contribution in [1.29, 1.82) is 5.26 Å². The molecular weight excluding hydrogens is 596 g/mol. The van der Waals surface area contributed by atoms with Crippen molar-refractivity contribution >= 4 is 40.7 Å². The van der Waals surface area contributed by atoms with Crippen LogP contribution in [0.25, 0.3) is 10.9 Å². The van der Waals surface area contributed by atoms with Crippen molar-refractivity contribution in [2.24, 2.45) is 0 Å². The fourth-order valence-corrected chi connectivity index (χ4v) is 5.45. The minimum absolute atomic E-state index is 0.0793. The number of ether oxygens (including phenoxy) is 2. The summed E-state index contributed by atoms with van der Waals surface area (Å²) in [7, 11) is 0. The number of aryl methyl sites for hydroxylation is 1. The van der Waals surface area contributed by atoms with Gasteiger partial charge in [-0.25, -0.2) is 9.78 Å². The zero-order chi connectivity index (χ0) is 33.2. The molecule has 2 saturated heterocycles. The molecule has 46 heavy (non-hydrogen) atoms. The Labute approximate surface area is 267 Å². The lowest BCUT2D eigenvalue weighted by atomic mass is 10.1. The van der Waals surface area contributed by atoms with Crippen LogP contribution in [0.4, 0.5) is 4.79 Å². The second kappa shape index (κ2) is 15.9. The number of carbonyl (C=O) groups is 5. The van der Waals surface area contributed by atoms with Crippen molar-refractivity contribution < 1.29 is 38.6 Å². The Balaban J connectivity index is 1.48. The molecule has 1 aromatic heterocycles. The molecule has 14 nitrogen and oxygen atoms in total. The van der Waals surface area contributed by atoms with Gasteiger partial charge in [0.15, 0.2) is 6.61 Å². The van der Waals surface area contributed by atoms with Crippen molar-refractivity contribution in [2.45, 2.75) is 64.5 Å². The molecule has 0 aliphatic carbocycles. The van der Waals surface area contributed by atoms with E-state index in [1.807, 2.05) is 19.9 Å². The normalized spacial score (nSPS) is 16.9. The van der Waals surface area contributed by atoms with Gasteiger partial charge in [-0.15, -0.1) is 0 Å². The summed E-state index contributed by atoms with van der Waals surface area (Å²) in [5.74, 6) is -2.43.